The zero-order chi connectivity index (χ0) is 36.8. The zero-order valence-electron chi connectivity index (χ0n) is 30.1. The van der Waals surface area contributed by atoms with Crippen molar-refractivity contribution in [3.05, 3.63) is 126 Å². The Hall–Kier alpha value is -6.27. The summed E-state index contributed by atoms with van der Waals surface area (Å²) >= 11 is 0. The number of ether oxygens (including phenoxy) is 1. The molecule has 1 unspecified atom stereocenters. The minimum absolute atomic E-state index is 0.215. The van der Waals surface area contributed by atoms with Crippen molar-refractivity contribution in [1.82, 2.24) is 30.0 Å². The van der Waals surface area contributed by atoms with Crippen molar-refractivity contribution >= 4 is 40.2 Å². The number of hydrogen-bond donors (Lipinski definition) is 4. The van der Waals surface area contributed by atoms with Gasteiger partial charge >= 0.3 is 6.03 Å². The lowest BCUT2D eigenvalue weighted by Crippen LogP contribution is -2.47. The Balaban J connectivity index is 1.19. The van der Waals surface area contributed by atoms with E-state index in [0.717, 1.165) is 27.7 Å². The Morgan fingerprint density at radius 3 is 2.29 bits per heavy atom. The van der Waals surface area contributed by atoms with Gasteiger partial charge in [0.05, 0.1) is 17.1 Å². The van der Waals surface area contributed by atoms with Crippen molar-refractivity contribution in [2.24, 2.45) is 0 Å². The number of aromatic nitrogens is 4. The van der Waals surface area contributed by atoms with Crippen LogP contribution in [0.5, 0.6) is 11.6 Å². The summed E-state index contributed by atoms with van der Waals surface area (Å²) in [6, 6.07) is 31.4. The maximum atomic E-state index is 13.5. The van der Waals surface area contributed by atoms with E-state index in [1.165, 1.54) is 0 Å². The van der Waals surface area contributed by atoms with E-state index in [-0.39, 0.29) is 17.3 Å². The molecule has 0 saturated carbocycles. The number of fused-ring (bicyclic) bond motifs is 1. The Morgan fingerprint density at radius 1 is 0.865 bits per heavy atom. The molecule has 0 bridgehead atoms. The van der Waals surface area contributed by atoms with Gasteiger partial charge in [-0.1, -0.05) is 80.9 Å². The number of benzene rings is 4. The van der Waals surface area contributed by atoms with Gasteiger partial charge in [-0.2, -0.15) is 10.1 Å². The van der Waals surface area contributed by atoms with Crippen LogP contribution in [0.4, 0.5) is 22.2 Å². The van der Waals surface area contributed by atoms with Gasteiger partial charge in [0.25, 0.3) is 5.91 Å². The molecule has 0 spiro atoms. The molecule has 2 heterocycles. The van der Waals surface area contributed by atoms with Crippen molar-refractivity contribution in [2.75, 3.05) is 36.6 Å². The third-order valence-electron chi connectivity index (χ3n) is 8.17. The molecule has 3 amide bonds. The summed E-state index contributed by atoms with van der Waals surface area (Å²) in [4.78, 5) is 37.3. The Labute approximate surface area is 303 Å². The number of aryl methyl sites for hydroxylation is 1. The summed E-state index contributed by atoms with van der Waals surface area (Å²) in [7, 11) is 3.83. The third-order valence-corrected chi connectivity index (χ3v) is 8.17. The molecule has 12 nitrogen and oxygen atoms in total. The van der Waals surface area contributed by atoms with Crippen LogP contribution in [0.3, 0.4) is 0 Å². The molecule has 12 heteroatoms. The Kier molecular flexibility index (Phi) is 10.5. The molecule has 4 aromatic carbocycles. The number of nitrogens with zero attached hydrogens (tertiary/aromatic N) is 5. The highest BCUT2D eigenvalue weighted by atomic mass is 16.5. The summed E-state index contributed by atoms with van der Waals surface area (Å²) in [5.74, 6) is 1.47. The van der Waals surface area contributed by atoms with Gasteiger partial charge in [0.15, 0.2) is 0 Å². The molecule has 4 N–H and O–H groups in total. The largest absolute Gasteiger partial charge is 0.438 e. The number of hydrogen-bond acceptors (Lipinski definition) is 8. The molecular weight excluding hydrogens is 654 g/mol. The average molecular weight is 698 g/mol. The van der Waals surface area contributed by atoms with Crippen LogP contribution in [0, 0.1) is 6.92 Å². The molecule has 0 saturated heterocycles. The first kappa shape index (κ1) is 35.6. The van der Waals surface area contributed by atoms with Crippen LogP contribution in [0.15, 0.2) is 109 Å². The van der Waals surface area contributed by atoms with Crippen molar-refractivity contribution in [3.63, 3.8) is 0 Å². The SMILES string of the molecule is Cc1ccc(-n2nc(C(C)(C)C)cc2NC(=O)Nc2ccc(Oc3ccnc(NC(CN(C)C)NC(=O)c4ccccc4)n3)c3ccccc23)cc1. The van der Waals surface area contributed by atoms with Crippen LogP contribution in [0.1, 0.15) is 42.4 Å². The second-order valence-corrected chi connectivity index (χ2v) is 13.8. The van der Waals surface area contributed by atoms with Crippen LogP contribution in [-0.4, -0.2) is 63.4 Å². The van der Waals surface area contributed by atoms with Crippen LogP contribution in [0.25, 0.3) is 16.5 Å². The van der Waals surface area contributed by atoms with Gasteiger partial charge in [-0.3, -0.25) is 10.1 Å². The van der Waals surface area contributed by atoms with Crippen molar-refractivity contribution in [3.8, 4) is 17.3 Å². The summed E-state index contributed by atoms with van der Waals surface area (Å²) < 4.78 is 8.03. The maximum Gasteiger partial charge on any atom is 0.324 e. The first-order valence-corrected chi connectivity index (χ1v) is 17.0. The standard InChI is InChI=1S/C40H43N9O3/c1-26-16-18-28(19-17-26)49-35(24-33(47-49)40(2,3)4)45-39(51)42-31-20-21-32(30-15-11-10-14-29(30)31)52-36-22-23-41-38(46-36)44-34(25-48(5)6)43-37(50)27-12-8-7-9-13-27/h7-24,34H,25H2,1-6H3,(H,43,50)(H,41,44,46)(H2,42,45,51). The van der Waals surface area contributed by atoms with Gasteiger partial charge in [0.1, 0.15) is 17.7 Å². The fourth-order valence-electron chi connectivity index (χ4n) is 5.52. The first-order chi connectivity index (χ1) is 24.9. The summed E-state index contributed by atoms with van der Waals surface area (Å²) in [5, 5.41) is 18.6. The van der Waals surface area contributed by atoms with Crippen LogP contribution in [-0.2, 0) is 5.41 Å². The molecule has 6 aromatic rings. The lowest BCUT2D eigenvalue weighted by Gasteiger charge is -2.23. The Bertz CT molecular complexity index is 2180. The fourth-order valence-corrected chi connectivity index (χ4v) is 5.52. The molecule has 2 aromatic heterocycles. The van der Waals surface area contributed by atoms with Crippen LogP contribution >= 0.6 is 0 Å². The Morgan fingerprint density at radius 2 is 1.58 bits per heavy atom. The number of carbonyl (C=O) groups excluding carboxylic acids is 2. The lowest BCUT2D eigenvalue weighted by atomic mass is 9.92. The second-order valence-electron chi connectivity index (χ2n) is 13.8. The highest BCUT2D eigenvalue weighted by molar-refractivity contribution is 6.07. The van der Waals surface area contributed by atoms with Gasteiger partial charge in [-0.05, 0) is 57.4 Å². The predicted molar refractivity (Wildman–Crippen MR) is 206 cm³/mol. The van der Waals surface area contributed by atoms with Gasteiger partial charge in [0, 0.05) is 46.6 Å². The van der Waals surface area contributed by atoms with E-state index in [2.05, 4.69) is 52.0 Å². The highest BCUT2D eigenvalue weighted by Gasteiger charge is 2.22. The summed E-state index contributed by atoms with van der Waals surface area (Å²) in [6.07, 6.45) is 1.11. The van der Waals surface area contributed by atoms with Gasteiger partial charge in [-0.15, -0.1) is 0 Å². The lowest BCUT2D eigenvalue weighted by molar-refractivity contribution is 0.0936. The molecule has 0 aliphatic carbocycles. The summed E-state index contributed by atoms with van der Waals surface area (Å²) in [5.41, 5.74) is 3.76. The molecule has 52 heavy (non-hydrogen) atoms. The number of carbonyl (C=O) groups is 2. The van der Waals surface area contributed by atoms with E-state index in [4.69, 9.17) is 9.84 Å². The molecule has 0 aliphatic rings. The molecular formula is C40H43N9O3. The van der Waals surface area contributed by atoms with Crippen molar-refractivity contribution < 1.29 is 14.3 Å². The van der Waals surface area contributed by atoms with E-state index in [1.807, 2.05) is 98.7 Å². The zero-order valence-corrected chi connectivity index (χ0v) is 30.1. The maximum absolute atomic E-state index is 13.5. The fraction of sp³-hybridized carbons (Fsp3) is 0.225. The van der Waals surface area contributed by atoms with E-state index < -0.39 is 12.2 Å². The van der Waals surface area contributed by atoms with E-state index in [9.17, 15) is 9.59 Å². The number of nitrogens with one attached hydrogen (secondary N) is 4. The topological polar surface area (TPSA) is 138 Å². The number of rotatable bonds is 11. The minimum atomic E-state index is -0.481. The highest BCUT2D eigenvalue weighted by Crippen LogP contribution is 2.34. The third kappa shape index (κ3) is 8.71. The van der Waals surface area contributed by atoms with Crippen molar-refractivity contribution in [2.45, 2.75) is 39.3 Å². The van der Waals surface area contributed by atoms with E-state index in [0.29, 0.717) is 35.2 Å². The quantitative estimate of drug-likeness (QED) is 0.102. The average Bonchev–Trinajstić information content (AvgIpc) is 3.54. The van der Waals surface area contributed by atoms with Gasteiger partial charge < -0.3 is 25.6 Å². The number of amides is 3. The number of anilines is 3. The van der Waals surface area contributed by atoms with E-state index >= 15 is 0 Å². The van der Waals surface area contributed by atoms with Crippen LogP contribution in [0.2, 0.25) is 0 Å². The first-order valence-electron chi connectivity index (χ1n) is 17.0. The molecule has 0 radical (unpaired) electrons. The molecule has 0 fully saturated rings. The van der Waals surface area contributed by atoms with E-state index in [1.54, 1.807) is 41.2 Å². The second kappa shape index (κ2) is 15.3. The minimum Gasteiger partial charge on any atom is -0.438 e. The molecule has 0 aliphatic heterocycles. The van der Waals surface area contributed by atoms with Crippen LogP contribution < -0.4 is 26.0 Å². The number of likely N-dealkylation sites (N-methyl/N-ethyl adjacent to an activating group) is 1. The molecule has 6 rings (SSSR count). The monoisotopic (exact) mass is 697 g/mol. The molecule has 266 valence electrons. The predicted octanol–water partition coefficient (Wildman–Crippen LogP) is 7.59. The summed E-state index contributed by atoms with van der Waals surface area (Å²) in [6.45, 7) is 8.78. The molecule has 1 atom stereocenters. The smallest absolute Gasteiger partial charge is 0.324 e. The van der Waals surface area contributed by atoms with Crippen molar-refractivity contribution in [1.29, 1.82) is 0 Å². The normalized spacial score (nSPS) is 12.0. The van der Waals surface area contributed by atoms with Gasteiger partial charge in [0.2, 0.25) is 11.8 Å². The van der Waals surface area contributed by atoms with Gasteiger partial charge in [-0.25, -0.2) is 14.5 Å². The number of urea groups is 1.